The molecule has 1 unspecified atom stereocenters. The third-order valence-electron chi connectivity index (χ3n) is 4.11. The fraction of sp³-hybridized carbons (Fsp3) is 0.467. The summed E-state index contributed by atoms with van der Waals surface area (Å²) >= 11 is 0. The predicted molar refractivity (Wildman–Crippen MR) is 81.0 cm³/mol. The molecule has 1 aliphatic rings. The zero-order valence-corrected chi connectivity index (χ0v) is 11.9. The monoisotopic (exact) mass is 288 g/mol. The minimum absolute atomic E-state index is 0.0234. The molecule has 6 nitrogen and oxygen atoms in total. The SMILES string of the molecule is NC1CCN(CCn2c(=O)ccc3ncccc32)C[C@H]1O. The molecule has 0 spiro atoms. The van der Waals surface area contributed by atoms with Crippen molar-refractivity contribution >= 4 is 11.0 Å². The fourth-order valence-corrected chi connectivity index (χ4v) is 2.82. The molecular formula is C15H20N4O2. The van der Waals surface area contributed by atoms with E-state index in [2.05, 4.69) is 9.88 Å². The molecule has 0 amide bonds. The number of nitrogens with two attached hydrogens (primary N) is 1. The second-order valence-corrected chi connectivity index (χ2v) is 5.55. The number of nitrogens with zero attached hydrogens (tertiary/aromatic N) is 3. The van der Waals surface area contributed by atoms with Crippen molar-refractivity contribution in [2.45, 2.75) is 25.1 Å². The fourth-order valence-electron chi connectivity index (χ4n) is 2.82. The number of aliphatic hydroxyl groups is 1. The van der Waals surface area contributed by atoms with Crippen LogP contribution in [0, 0.1) is 0 Å². The molecule has 112 valence electrons. The van der Waals surface area contributed by atoms with Gasteiger partial charge in [0.25, 0.3) is 5.56 Å². The van der Waals surface area contributed by atoms with Gasteiger partial charge in [0.1, 0.15) is 0 Å². The topological polar surface area (TPSA) is 84.4 Å². The quantitative estimate of drug-likeness (QED) is 0.816. The van der Waals surface area contributed by atoms with Gasteiger partial charge in [0.15, 0.2) is 0 Å². The Morgan fingerprint density at radius 1 is 1.33 bits per heavy atom. The summed E-state index contributed by atoms with van der Waals surface area (Å²) in [6.45, 7) is 2.73. The molecule has 3 rings (SSSR count). The Morgan fingerprint density at radius 3 is 3.00 bits per heavy atom. The first-order chi connectivity index (χ1) is 10.1. The number of hydrogen-bond acceptors (Lipinski definition) is 5. The van der Waals surface area contributed by atoms with E-state index in [1.807, 2.05) is 12.1 Å². The van der Waals surface area contributed by atoms with Gasteiger partial charge in [-0.1, -0.05) is 0 Å². The number of hydrogen-bond donors (Lipinski definition) is 2. The van der Waals surface area contributed by atoms with E-state index in [-0.39, 0.29) is 11.6 Å². The van der Waals surface area contributed by atoms with E-state index in [1.54, 1.807) is 22.9 Å². The van der Waals surface area contributed by atoms with E-state index in [9.17, 15) is 9.90 Å². The van der Waals surface area contributed by atoms with Crippen molar-refractivity contribution in [2.75, 3.05) is 19.6 Å². The summed E-state index contributed by atoms with van der Waals surface area (Å²) in [6, 6.07) is 6.91. The van der Waals surface area contributed by atoms with Gasteiger partial charge in [0.2, 0.25) is 0 Å². The number of pyridine rings is 2. The maximum absolute atomic E-state index is 12.1. The highest BCUT2D eigenvalue weighted by atomic mass is 16.3. The van der Waals surface area contributed by atoms with E-state index in [0.717, 1.165) is 30.5 Å². The van der Waals surface area contributed by atoms with Crippen LogP contribution in [-0.4, -0.2) is 51.3 Å². The van der Waals surface area contributed by atoms with Crippen molar-refractivity contribution in [3.05, 3.63) is 40.8 Å². The summed E-state index contributed by atoms with van der Waals surface area (Å²) in [5.74, 6) is 0. The van der Waals surface area contributed by atoms with Gasteiger partial charge >= 0.3 is 0 Å². The number of β-amino-alcohol motifs (C(OH)–C–C–N with tert-alkyl or cyclic N) is 1. The zero-order valence-electron chi connectivity index (χ0n) is 11.9. The Balaban J connectivity index is 1.76. The van der Waals surface area contributed by atoms with E-state index in [1.165, 1.54) is 0 Å². The molecule has 2 atom stereocenters. The van der Waals surface area contributed by atoms with Crippen LogP contribution in [0.5, 0.6) is 0 Å². The summed E-state index contributed by atoms with van der Waals surface area (Å²) < 4.78 is 1.74. The number of aromatic nitrogens is 2. The van der Waals surface area contributed by atoms with Gasteiger partial charge in [0, 0.05) is 37.9 Å². The van der Waals surface area contributed by atoms with Gasteiger partial charge in [0.05, 0.1) is 17.1 Å². The highest BCUT2D eigenvalue weighted by Gasteiger charge is 2.24. The summed E-state index contributed by atoms with van der Waals surface area (Å²) in [6.07, 6.45) is 2.02. The Kier molecular flexibility index (Phi) is 4.01. The molecule has 3 N–H and O–H groups in total. The molecule has 0 aromatic carbocycles. The third kappa shape index (κ3) is 2.97. The van der Waals surface area contributed by atoms with Crippen LogP contribution in [0.1, 0.15) is 6.42 Å². The van der Waals surface area contributed by atoms with Crippen LogP contribution in [0.3, 0.4) is 0 Å². The van der Waals surface area contributed by atoms with Crippen molar-refractivity contribution in [3.63, 3.8) is 0 Å². The van der Waals surface area contributed by atoms with Gasteiger partial charge in [-0.25, -0.2) is 0 Å². The molecule has 2 aromatic heterocycles. The van der Waals surface area contributed by atoms with Gasteiger partial charge in [-0.2, -0.15) is 0 Å². The second-order valence-electron chi connectivity index (χ2n) is 5.55. The first kappa shape index (κ1) is 14.2. The van der Waals surface area contributed by atoms with Crippen LogP contribution >= 0.6 is 0 Å². The summed E-state index contributed by atoms with van der Waals surface area (Å²) in [5.41, 5.74) is 7.45. The van der Waals surface area contributed by atoms with E-state index in [4.69, 9.17) is 5.73 Å². The van der Waals surface area contributed by atoms with E-state index in [0.29, 0.717) is 13.1 Å². The summed E-state index contributed by atoms with van der Waals surface area (Å²) in [7, 11) is 0. The molecular weight excluding hydrogens is 268 g/mol. The van der Waals surface area contributed by atoms with Crippen molar-refractivity contribution in [2.24, 2.45) is 5.73 Å². The van der Waals surface area contributed by atoms with Crippen LogP contribution in [0.4, 0.5) is 0 Å². The van der Waals surface area contributed by atoms with Crippen LogP contribution in [0.2, 0.25) is 0 Å². The number of rotatable bonds is 3. The normalized spacial score (nSPS) is 23.5. The first-order valence-electron chi connectivity index (χ1n) is 7.26. The Labute approximate surface area is 122 Å². The zero-order chi connectivity index (χ0) is 14.8. The highest BCUT2D eigenvalue weighted by Crippen LogP contribution is 2.11. The van der Waals surface area contributed by atoms with Gasteiger partial charge < -0.3 is 15.4 Å². The average Bonchev–Trinajstić information content (AvgIpc) is 2.50. The van der Waals surface area contributed by atoms with Crippen molar-refractivity contribution < 1.29 is 5.11 Å². The number of fused-ring (bicyclic) bond motifs is 1. The molecule has 1 aliphatic heterocycles. The molecule has 1 fully saturated rings. The minimum atomic E-state index is -0.482. The number of piperidine rings is 1. The maximum atomic E-state index is 12.1. The summed E-state index contributed by atoms with van der Waals surface area (Å²) in [4.78, 5) is 18.5. The van der Waals surface area contributed by atoms with Gasteiger partial charge in [-0.3, -0.25) is 14.7 Å². The average molecular weight is 288 g/mol. The standard InChI is InChI=1S/C15H20N4O2/c16-11-5-7-18(10-14(11)20)8-9-19-13-2-1-6-17-12(13)3-4-15(19)21/h1-4,6,11,14,20H,5,7-10,16H2/t11?,14-/m1/s1. The predicted octanol–water partition coefficient (Wildman–Crippen LogP) is -0.210. The van der Waals surface area contributed by atoms with Crippen LogP contribution < -0.4 is 11.3 Å². The van der Waals surface area contributed by atoms with E-state index < -0.39 is 6.10 Å². The Hall–Kier alpha value is -1.76. The lowest BCUT2D eigenvalue weighted by Gasteiger charge is -2.34. The smallest absolute Gasteiger partial charge is 0.251 e. The molecule has 3 heterocycles. The minimum Gasteiger partial charge on any atom is -0.390 e. The lowest BCUT2D eigenvalue weighted by molar-refractivity contribution is 0.0520. The molecule has 1 saturated heterocycles. The molecule has 0 aliphatic carbocycles. The lowest BCUT2D eigenvalue weighted by atomic mass is 10.0. The first-order valence-corrected chi connectivity index (χ1v) is 7.26. The molecule has 2 aromatic rings. The highest BCUT2D eigenvalue weighted by molar-refractivity contribution is 5.73. The van der Waals surface area contributed by atoms with Crippen LogP contribution in [-0.2, 0) is 6.54 Å². The van der Waals surface area contributed by atoms with E-state index >= 15 is 0 Å². The van der Waals surface area contributed by atoms with Gasteiger partial charge in [-0.05, 0) is 31.2 Å². The second kappa shape index (κ2) is 5.93. The van der Waals surface area contributed by atoms with Crippen molar-refractivity contribution in [1.82, 2.24) is 14.5 Å². The van der Waals surface area contributed by atoms with Crippen molar-refractivity contribution in [1.29, 1.82) is 0 Å². The van der Waals surface area contributed by atoms with Crippen molar-refractivity contribution in [3.8, 4) is 0 Å². The number of aliphatic hydroxyl groups excluding tert-OH is 1. The molecule has 0 radical (unpaired) electrons. The largest absolute Gasteiger partial charge is 0.390 e. The summed E-state index contributed by atoms with van der Waals surface area (Å²) in [5, 5.41) is 9.83. The van der Waals surface area contributed by atoms with Crippen LogP contribution in [0.25, 0.3) is 11.0 Å². The van der Waals surface area contributed by atoms with Gasteiger partial charge in [-0.15, -0.1) is 0 Å². The molecule has 0 saturated carbocycles. The molecule has 6 heteroatoms. The molecule has 21 heavy (non-hydrogen) atoms. The maximum Gasteiger partial charge on any atom is 0.251 e. The third-order valence-corrected chi connectivity index (χ3v) is 4.11. The van der Waals surface area contributed by atoms with Crippen LogP contribution in [0.15, 0.2) is 35.3 Å². The molecule has 0 bridgehead atoms. The number of likely N-dealkylation sites (tertiary alicyclic amines) is 1. The Bertz CT molecular complexity index is 685. The Morgan fingerprint density at radius 2 is 2.19 bits per heavy atom. The lowest BCUT2D eigenvalue weighted by Crippen LogP contribution is -2.51.